The average Bonchev–Trinajstić information content (AvgIpc) is 2.43. The van der Waals surface area contributed by atoms with Crippen molar-refractivity contribution in [2.24, 2.45) is 5.73 Å². The molecule has 10 heteroatoms. The molecule has 9 nitrogen and oxygen atoms in total. The Bertz CT molecular complexity index is 657. The van der Waals surface area contributed by atoms with Crippen LogP contribution in [0.1, 0.15) is 10.4 Å². The van der Waals surface area contributed by atoms with E-state index in [4.69, 9.17) is 20.7 Å². The largest absolute Gasteiger partial charge is 0.496 e. The Morgan fingerprint density at radius 1 is 1.43 bits per heavy atom. The lowest BCUT2D eigenvalue weighted by atomic mass is 10.2. The monoisotopic (exact) mass is 318 g/mol. The highest BCUT2D eigenvalue weighted by Gasteiger charge is 2.26. The number of hydrogen-bond donors (Lipinski definition) is 4. The molecule has 0 aliphatic heterocycles. The molecular formula is C11H14N2O7S. The van der Waals surface area contributed by atoms with Crippen molar-refractivity contribution in [1.82, 2.24) is 4.72 Å². The second-order valence-corrected chi connectivity index (χ2v) is 5.64. The highest BCUT2D eigenvalue weighted by Crippen LogP contribution is 2.22. The van der Waals surface area contributed by atoms with Gasteiger partial charge in [0.2, 0.25) is 10.0 Å². The van der Waals surface area contributed by atoms with Gasteiger partial charge in [0.1, 0.15) is 11.8 Å². The SMILES string of the molecule is COc1ccc(S(=O)(=O)NC(CO)C(=O)O)cc1C(N)=O. The van der Waals surface area contributed by atoms with E-state index in [0.717, 1.165) is 12.1 Å². The summed E-state index contributed by atoms with van der Waals surface area (Å²) in [6.45, 7) is -0.923. The standard InChI is InChI=1S/C11H14N2O7S/c1-20-9-3-2-6(4-7(9)10(12)15)21(18,19)13-8(5-14)11(16)17/h2-4,8,13-14H,5H2,1H3,(H2,12,15)(H,16,17). The zero-order valence-corrected chi connectivity index (χ0v) is 11.8. The smallest absolute Gasteiger partial charge is 0.324 e. The molecule has 0 aromatic heterocycles. The first kappa shape index (κ1) is 16.9. The van der Waals surface area contributed by atoms with Gasteiger partial charge in [0.05, 0.1) is 24.2 Å². The lowest BCUT2D eigenvalue weighted by Crippen LogP contribution is -2.43. The highest BCUT2D eigenvalue weighted by atomic mass is 32.2. The third-order valence-electron chi connectivity index (χ3n) is 2.52. The minimum absolute atomic E-state index is 0.0818. The number of aliphatic hydroxyl groups excluding tert-OH is 1. The van der Waals surface area contributed by atoms with E-state index in [1.54, 1.807) is 4.72 Å². The highest BCUT2D eigenvalue weighted by molar-refractivity contribution is 7.89. The van der Waals surface area contributed by atoms with Crippen LogP contribution in [0.2, 0.25) is 0 Å². The molecule has 21 heavy (non-hydrogen) atoms. The molecule has 0 heterocycles. The van der Waals surface area contributed by atoms with Crippen molar-refractivity contribution in [3.63, 3.8) is 0 Å². The van der Waals surface area contributed by atoms with Gasteiger partial charge >= 0.3 is 5.97 Å². The third kappa shape index (κ3) is 3.90. The summed E-state index contributed by atoms with van der Waals surface area (Å²) < 4.78 is 30.7. The zero-order chi connectivity index (χ0) is 16.2. The Hall–Kier alpha value is -2.17. The fourth-order valence-corrected chi connectivity index (χ4v) is 2.67. The van der Waals surface area contributed by atoms with Gasteiger partial charge in [-0.3, -0.25) is 9.59 Å². The first-order valence-corrected chi connectivity index (χ1v) is 7.05. The van der Waals surface area contributed by atoms with Crippen molar-refractivity contribution in [2.75, 3.05) is 13.7 Å². The van der Waals surface area contributed by atoms with Crippen LogP contribution in [-0.4, -0.2) is 50.3 Å². The molecule has 0 fully saturated rings. The van der Waals surface area contributed by atoms with Gasteiger partial charge in [-0.1, -0.05) is 0 Å². The van der Waals surface area contributed by atoms with Crippen LogP contribution in [0.5, 0.6) is 5.75 Å². The Morgan fingerprint density at radius 3 is 2.48 bits per heavy atom. The molecular weight excluding hydrogens is 304 g/mol. The van der Waals surface area contributed by atoms with Crippen LogP contribution in [0.25, 0.3) is 0 Å². The van der Waals surface area contributed by atoms with Crippen molar-refractivity contribution in [3.8, 4) is 5.75 Å². The van der Waals surface area contributed by atoms with Crippen LogP contribution < -0.4 is 15.2 Å². The minimum Gasteiger partial charge on any atom is -0.496 e. The van der Waals surface area contributed by atoms with Crippen LogP contribution in [0.15, 0.2) is 23.1 Å². The van der Waals surface area contributed by atoms with E-state index in [1.807, 2.05) is 0 Å². The topological polar surface area (TPSA) is 156 Å². The number of methoxy groups -OCH3 is 1. The second kappa shape index (κ2) is 6.52. The maximum Gasteiger partial charge on any atom is 0.324 e. The summed E-state index contributed by atoms with van der Waals surface area (Å²) >= 11 is 0. The first-order chi connectivity index (χ1) is 9.72. The normalized spacial score (nSPS) is 12.7. The summed E-state index contributed by atoms with van der Waals surface area (Å²) in [5.41, 5.74) is 4.94. The van der Waals surface area contributed by atoms with E-state index in [1.165, 1.54) is 13.2 Å². The molecule has 116 valence electrons. The Kier molecular flexibility index (Phi) is 5.24. The van der Waals surface area contributed by atoms with Crippen molar-refractivity contribution < 1.29 is 33.0 Å². The fraction of sp³-hybridized carbons (Fsp3) is 0.273. The predicted octanol–water partition coefficient (Wildman–Crippen LogP) is -1.48. The van der Waals surface area contributed by atoms with E-state index in [2.05, 4.69) is 0 Å². The number of carboxylic acids is 1. The van der Waals surface area contributed by atoms with Gasteiger partial charge in [0.15, 0.2) is 0 Å². The number of carboxylic acid groups (broad SMARTS) is 1. The van der Waals surface area contributed by atoms with E-state index in [0.29, 0.717) is 0 Å². The fourth-order valence-electron chi connectivity index (χ4n) is 1.47. The first-order valence-electron chi connectivity index (χ1n) is 5.56. The van der Waals surface area contributed by atoms with E-state index in [-0.39, 0.29) is 16.2 Å². The summed E-state index contributed by atoms with van der Waals surface area (Å²) in [6, 6.07) is 1.58. The number of nitrogens with one attached hydrogen (secondary N) is 1. The number of hydrogen-bond acceptors (Lipinski definition) is 6. The number of amides is 1. The number of carbonyl (C=O) groups excluding carboxylic acids is 1. The summed E-state index contributed by atoms with van der Waals surface area (Å²) in [7, 11) is -2.97. The molecule has 0 saturated heterocycles. The maximum atomic E-state index is 12.0. The molecule has 1 rings (SSSR count). The van der Waals surface area contributed by atoms with Gasteiger partial charge in [-0.25, -0.2) is 8.42 Å². The number of rotatable bonds is 7. The third-order valence-corrected chi connectivity index (χ3v) is 3.99. The van der Waals surface area contributed by atoms with Crippen molar-refractivity contribution >= 4 is 21.9 Å². The number of sulfonamides is 1. The number of ether oxygens (including phenoxy) is 1. The lowest BCUT2D eigenvalue weighted by molar-refractivity contribution is -0.139. The number of nitrogens with two attached hydrogens (primary N) is 1. The number of primary amides is 1. The van der Waals surface area contributed by atoms with Crippen molar-refractivity contribution in [2.45, 2.75) is 10.9 Å². The van der Waals surface area contributed by atoms with E-state index in [9.17, 15) is 18.0 Å². The molecule has 0 aliphatic rings. The van der Waals surface area contributed by atoms with Gasteiger partial charge < -0.3 is 20.7 Å². The van der Waals surface area contributed by atoms with Crippen LogP contribution in [0.3, 0.4) is 0 Å². The maximum absolute atomic E-state index is 12.0. The Morgan fingerprint density at radius 2 is 2.05 bits per heavy atom. The molecule has 0 aliphatic carbocycles. The van der Waals surface area contributed by atoms with E-state index < -0.39 is 34.5 Å². The number of benzene rings is 1. The molecule has 0 bridgehead atoms. The molecule has 1 unspecified atom stereocenters. The van der Waals surface area contributed by atoms with Crippen LogP contribution in [-0.2, 0) is 14.8 Å². The van der Waals surface area contributed by atoms with Gasteiger partial charge in [-0.15, -0.1) is 0 Å². The summed E-state index contributed by atoms with van der Waals surface area (Å²) in [4.78, 5) is 21.6. The van der Waals surface area contributed by atoms with Gasteiger partial charge in [-0.2, -0.15) is 4.72 Å². The molecule has 1 amide bonds. The molecule has 1 atom stereocenters. The quantitative estimate of drug-likeness (QED) is 0.477. The van der Waals surface area contributed by atoms with Crippen molar-refractivity contribution in [3.05, 3.63) is 23.8 Å². The molecule has 1 aromatic carbocycles. The van der Waals surface area contributed by atoms with Crippen LogP contribution in [0.4, 0.5) is 0 Å². The number of aliphatic hydroxyl groups is 1. The number of aliphatic carboxylic acids is 1. The summed E-state index contributed by atoms with van der Waals surface area (Å²) in [5, 5.41) is 17.6. The molecule has 0 radical (unpaired) electrons. The second-order valence-electron chi connectivity index (χ2n) is 3.92. The zero-order valence-electron chi connectivity index (χ0n) is 10.9. The minimum atomic E-state index is -4.25. The van der Waals surface area contributed by atoms with Crippen molar-refractivity contribution in [1.29, 1.82) is 0 Å². The van der Waals surface area contributed by atoms with Gasteiger partial charge in [0, 0.05) is 0 Å². The van der Waals surface area contributed by atoms with Gasteiger partial charge in [-0.05, 0) is 18.2 Å². The summed E-state index contributed by atoms with van der Waals surface area (Å²) in [5.74, 6) is -2.36. The molecule has 0 saturated carbocycles. The molecule has 1 aromatic rings. The lowest BCUT2D eigenvalue weighted by Gasteiger charge is -2.13. The Balaban J connectivity index is 3.23. The van der Waals surface area contributed by atoms with Gasteiger partial charge in [0.25, 0.3) is 5.91 Å². The average molecular weight is 318 g/mol. The van der Waals surface area contributed by atoms with Crippen LogP contribution >= 0.6 is 0 Å². The molecule has 0 spiro atoms. The molecule has 5 N–H and O–H groups in total. The summed E-state index contributed by atoms with van der Waals surface area (Å²) in [6.07, 6.45) is 0. The van der Waals surface area contributed by atoms with Crippen LogP contribution in [0, 0.1) is 0 Å². The Labute approximate surface area is 120 Å². The number of carbonyl (C=O) groups is 2. The predicted molar refractivity (Wildman–Crippen MR) is 70.3 cm³/mol. The van der Waals surface area contributed by atoms with E-state index >= 15 is 0 Å².